The van der Waals surface area contributed by atoms with E-state index in [9.17, 15) is 13.6 Å². The highest BCUT2D eigenvalue weighted by Gasteiger charge is 2.08. The minimum atomic E-state index is -2.87. The van der Waals surface area contributed by atoms with E-state index < -0.39 is 6.61 Å². The summed E-state index contributed by atoms with van der Waals surface area (Å²) in [5, 5.41) is 2.67. The summed E-state index contributed by atoms with van der Waals surface area (Å²) in [7, 11) is 0. The molecule has 0 fully saturated rings. The normalized spacial score (nSPS) is 10.5. The SMILES string of the molecule is NCc1cccc(C(=O)Nc2ccc(OC(F)F)cc2)c1. The van der Waals surface area contributed by atoms with Crippen molar-refractivity contribution in [3.63, 3.8) is 0 Å². The predicted molar refractivity (Wildman–Crippen MR) is 75.4 cm³/mol. The molecule has 2 aromatic rings. The first-order valence-electron chi connectivity index (χ1n) is 6.23. The van der Waals surface area contributed by atoms with Gasteiger partial charge in [-0.3, -0.25) is 4.79 Å². The molecule has 0 aromatic heterocycles. The molecule has 0 saturated carbocycles. The molecule has 110 valence electrons. The van der Waals surface area contributed by atoms with Crippen molar-refractivity contribution in [2.75, 3.05) is 5.32 Å². The number of halogens is 2. The van der Waals surface area contributed by atoms with Gasteiger partial charge in [0.05, 0.1) is 0 Å². The van der Waals surface area contributed by atoms with Gasteiger partial charge in [0.25, 0.3) is 5.91 Å². The molecule has 0 saturated heterocycles. The van der Waals surface area contributed by atoms with Crippen LogP contribution in [0.4, 0.5) is 14.5 Å². The second-order valence-corrected chi connectivity index (χ2v) is 4.26. The van der Waals surface area contributed by atoms with Crippen LogP contribution in [0.2, 0.25) is 0 Å². The maximum absolute atomic E-state index is 12.0. The number of hydrogen-bond donors (Lipinski definition) is 2. The molecule has 6 heteroatoms. The van der Waals surface area contributed by atoms with Gasteiger partial charge in [0.1, 0.15) is 5.75 Å². The molecule has 2 rings (SSSR count). The van der Waals surface area contributed by atoms with Gasteiger partial charge in [-0.2, -0.15) is 8.78 Å². The van der Waals surface area contributed by atoms with Crippen molar-refractivity contribution in [1.29, 1.82) is 0 Å². The molecular formula is C15H14F2N2O2. The number of alkyl halides is 2. The molecule has 1 amide bonds. The average Bonchev–Trinajstić information content (AvgIpc) is 2.49. The Balaban J connectivity index is 2.05. The molecule has 0 bridgehead atoms. The molecule has 0 spiro atoms. The quantitative estimate of drug-likeness (QED) is 0.890. The molecule has 0 aliphatic heterocycles. The highest BCUT2D eigenvalue weighted by atomic mass is 19.3. The smallest absolute Gasteiger partial charge is 0.387 e. The van der Waals surface area contributed by atoms with E-state index in [2.05, 4.69) is 10.1 Å². The Bertz CT molecular complexity index is 615. The van der Waals surface area contributed by atoms with Crippen LogP contribution in [0.5, 0.6) is 5.75 Å². The lowest BCUT2D eigenvalue weighted by atomic mass is 10.1. The fraction of sp³-hybridized carbons (Fsp3) is 0.133. The Morgan fingerprint density at radius 2 is 1.90 bits per heavy atom. The zero-order chi connectivity index (χ0) is 15.2. The van der Waals surface area contributed by atoms with Gasteiger partial charge in [0.15, 0.2) is 0 Å². The molecule has 0 aliphatic rings. The van der Waals surface area contributed by atoms with Crippen molar-refractivity contribution in [3.05, 3.63) is 59.7 Å². The van der Waals surface area contributed by atoms with Gasteiger partial charge < -0.3 is 15.8 Å². The van der Waals surface area contributed by atoms with E-state index in [1.165, 1.54) is 24.3 Å². The summed E-state index contributed by atoms with van der Waals surface area (Å²) < 4.78 is 28.3. The van der Waals surface area contributed by atoms with Gasteiger partial charge in [0.2, 0.25) is 0 Å². The third-order valence-electron chi connectivity index (χ3n) is 2.76. The summed E-state index contributed by atoms with van der Waals surface area (Å²) in [5.74, 6) is -0.263. The van der Waals surface area contributed by atoms with Gasteiger partial charge in [-0.1, -0.05) is 12.1 Å². The van der Waals surface area contributed by atoms with Crippen LogP contribution in [0.15, 0.2) is 48.5 Å². The van der Waals surface area contributed by atoms with Gasteiger partial charge >= 0.3 is 6.61 Å². The molecule has 3 N–H and O–H groups in total. The maximum Gasteiger partial charge on any atom is 0.387 e. The number of nitrogens with one attached hydrogen (secondary N) is 1. The minimum Gasteiger partial charge on any atom is -0.435 e. The summed E-state index contributed by atoms with van der Waals surface area (Å²) in [6.45, 7) is -2.52. The third kappa shape index (κ3) is 4.25. The fourth-order valence-electron chi connectivity index (χ4n) is 1.76. The summed E-state index contributed by atoms with van der Waals surface area (Å²) >= 11 is 0. The average molecular weight is 292 g/mol. The van der Waals surface area contributed by atoms with E-state index in [0.29, 0.717) is 17.8 Å². The van der Waals surface area contributed by atoms with E-state index in [1.807, 2.05) is 6.07 Å². The summed E-state index contributed by atoms with van der Waals surface area (Å²) in [6, 6.07) is 12.6. The first kappa shape index (κ1) is 14.9. The van der Waals surface area contributed by atoms with E-state index in [1.54, 1.807) is 18.2 Å². The lowest BCUT2D eigenvalue weighted by Gasteiger charge is -2.08. The van der Waals surface area contributed by atoms with E-state index in [-0.39, 0.29) is 11.7 Å². The number of rotatable bonds is 5. The number of carbonyl (C=O) groups is 1. The highest BCUT2D eigenvalue weighted by molar-refractivity contribution is 6.04. The topological polar surface area (TPSA) is 64.4 Å². The Kier molecular flexibility index (Phi) is 4.84. The Hall–Kier alpha value is -2.47. The first-order chi connectivity index (χ1) is 10.1. The fourth-order valence-corrected chi connectivity index (χ4v) is 1.76. The van der Waals surface area contributed by atoms with Crippen LogP contribution in [0, 0.1) is 0 Å². The van der Waals surface area contributed by atoms with Crippen molar-refractivity contribution in [2.24, 2.45) is 5.73 Å². The Morgan fingerprint density at radius 1 is 1.19 bits per heavy atom. The minimum absolute atomic E-state index is 0.0353. The lowest BCUT2D eigenvalue weighted by molar-refractivity contribution is -0.0498. The van der Waals surface area contributed by atoms with E-state index in [4.69, 9.17) is 5.73 Å². The number of nitrogens with two attached hydrogens (primary N) is 1. The van der Waals surface area contributed by atoms with Crippen molar-refractivity contribution >= 4 is 11.6 Å². The summed E-state index contributed by atoms with van der Waals surface area (Å²) in [5.41, 5.74) is 7.33. The van der Waals surface area contributed by atoms with Gasteiger partial charge in [-0.05, 0) is 42.0 Å². The zero-order valence-corrected chi connectivity index (χ0v) is 11.1. The lowest BCUT2D eigenvalue weighted by Crippen LogP contribution is -2.12. The van der Waals surface area contributed by atoms with Crippen molar-refractivity contribution < 1.29 is 18.3 Å². The van der Waals surface area contributed by atoms with Crippen LogP contribution in [0.1, 0.15) is 15.9 Å². The number of amides is 1. The van der Waals surface area contributed by atoms with E-state index in [0.717, 1.165) is 5.56 Å². The van der Waals surface area contributed by atoms with Crippen molar-refractivity contribution in [2.45, 2.75) is 13.2 Å². The third-order valence-corrected chi connectivity index (χ3v) is 2.76. The Morgan fingerprint density at radius 3 is 2.52 bits per heavy atom. The largest absolute Gasteiger partial charge is 0.435 e. The van der Waals surface area contributed by atoms with Crippen molar-refractivity contribution in [1.82, 2.24) is 0 Å². The standard InChI is InChI=1S/C15H14F2N2O2/c16-15(17)21-13-6-4-12(5-7-13)19-14(20)11-3-1-2-10(8-11)9-18/h1-8,15H,9,18H2,(H,19,20). The van der Waals surface area contributed by atoms with Crippen LogP contribution in [-0.2, 0) is 6.54 Å². The van der Waals surface area contributed by atoms with Crippen molar-refractivity contribution in [3.8, 4) is 5.75 Å². The Labute approximate surface area is 120 Å². The first-order valence-corrected chi connectivity index (χ1v) is 6.23. The van der Waals surface area contributed by atoms with Gasteiger partial charge in [-0.15, -0.1) is 0 Å². The molecule has 0 radical (unpaired) electrons. The van der Waals surface area contributed by atoms with Crippen LogP contribution in [-0.4, -0.2) is 12.5 Å². The second-order valence-electron chi connectivity index (χ2n) is 4.26. The van der Waals surface area contributed by atoms with Crippen LogP contribution < -0.4 is 15.8 Å². The molecular weight excluding hydrogens is 278 g/mol. The molecule has 0 aliphatic carbocycles. The molecule has 0 atom stereocenters. The number of benzene rings is 2. The number of ether oxygens (including phenoxy) is 1. The number of carbonyl (C=O) groups excluding carboxylic acids is 1. The number of hydrogen-bond acceptors (Lipinski definition) is 3. The molecule has 21 heavy (non-hydrogen) atoms. The summed E-state index contributed by atoms with van der Waals surface area (Å²) in [4.78, 5) is 12.0. The molecule has 2 aromatic carbocycles. The predicted octanol–water partition coefficient (Wildman–Crippen LogP) is 3.00. The zero-order valence-electron chi connectivity index (χ0n) is 11.1. The molecule has 4 nitrogen and oxygen atoms in total. The summed E-state index contributed by atoms with van der Waals surface area (Å²) in [6.07, 6.45) is 0. The van der Waals surface area contributed by atoms with Gasteiger partial charge in [0, 0.05) is 17.8 Å². The monoisotopic (exact) mass is 292 g/mol. The number of anilines is 1. The maximum atomic E-state index is 12.0. The molecule has 0 heterocycles. The van der Waals surface area contributed by atoms with E-state index >= 15 is 0 Å². The second kappa shape index (κ2) is 6.81. The van der Waals surface area contributed by atoms with Gasteiger partial charge in [-0.25, -0.2) is 0 Å². The van der Waals surface area contributed by atoms with Crippen LogP contribution in [0.3, 0.4) is 0 Å². The molecule has 0 unspecified atom stereocenters. The van der Waals surface area contributed by atoms with Crippen LogP contribution in [0.25, 0.3) is 0 Å². The van der Waals surface area contributed by atoms with Crippen LogP contribution >= 0.6 is 0 Å². The highest BCUT2D eigenvalue weighted by Crippen LogP contribution is 2.18.